The topological polar surface area (TPSA) is 46.8 Å². The fraction of sp³-hybridized carbons (Fsp3) is 0.370. The first-order chi connectivity index (χ1) is 16.9. The van der Waals surface area contributed by atoms with Crippen molar-refractivity contribution in [2.75, 3.05) is 25.4 Å². The molecule has 1 saturated heterocycles. The van der Waals surface area contributed by atoms with Crippen LogP contribution in [0.4, 0.5) is 0 Å². The van der Waals surface area contributed by atoms with Crippen LogP contribution in [0.2, 0.25) is 10.0 Å². The molecule has 0 N–H and O–H groups in total. The second-order valence-corrected chi connectivity index (χ2v) is 11.7. The van der Waals surface area contributed by atoms with Crippen molar-refractivity contribution < 1.29 is 0 Å². The maximum absolute atomic E-state index is 6.29. The Hall–Kier alpha value is -2.12. The summed E-state index contributed by atoms with van der Waals surface area (Å²) >= 11 is 14.2. The Bertz CT molecular complexity index is 1420. The Morgan fingerprint density at radius 3 is 2.83 bits per heavy atom. The quantitative estimate of drug-likeness (QED) is 0.207. The van der Waals surface area contributed by atoms with E-state index in [0.717, 1.165) is 64.3 Å². The number of fused-ring (bicyclic) bond motifs is 2. The Morgan fingerprint density at radius 1 is 1.09 bits per heavy atom. The van der Waals surface area contributed by atoms with Gasteiger partial charge < -0.3 is 9.47 Å². The van der Waals surface area contributed by atoms with Crippen molar-refractivity contribution in [3.05, 3.63) is 69.8 Å². The number of rotatable bonds is 7. The number of hydrogen-bond acceptors (Lipinski definition) is 5. The second kappa shape index (κ2) is 9.07. The summed E-state index contributed by atoms with van der Waals surface area (Å²) in [7, 11) is 2.05. The Morgan fingerprint density at radius 2 is 1.97 bits per heavy atom. The van der Waals surface area contributed by atoms with Crippen molar-refractivity contribution in [3.8, 4) is 11.4 Å². The zero-order valence-electron chi connectivity index (χ0n) is 19.8. The maximum Gasteiger partial charge on any atom is 0.191 e. The average molecular weight is 525 g/mol. The summed E-state index contributed by atoms with van der Waals surface area (Å²) in [5.74, 6) is 2.64. The van der Waals surface area contributed by atoms with Crippen molar-refractivity contribution >= 4 is 45.9 Å². The van der Waals surface area contributed by atoms with Gasteiger partial charge in [0.05, 0.1) is 15.6 Å². The molecule has 0 amide bonds. The molecule has 0 bridgehead atoms. The number of halogens is 2. The van der Waals surface area contributed by atoms with E-state index in [9.17, 15) is 0 Å². The van der Waals surface area contributed by atoms with Gasteiger partial charge in [-0.1, -0.05) is 59.2 Å². The summed E-state index contributed by atoms with van der Waals surface area (Å²) in [5, 5.41) is 12.4. The van der Waals surface area contributed by atoms with Gasteiger partial charge in [0.2, 0.25) is 0 Å². The van der Waals surface area contributed by atoms with Gasteiger partial charge in [-0.05, 0) is 62.1 Å². The van der Waals surface area contributed by atoms with E-state index in [-0.39, 0.29) is 5.41 Å². The third kappa shape index (κ3) is 4.25. The molecule has 1 aliphatic heterocycles. The lowest BCUT2D eigenvalue weighted by molar-refractivity contribution is 0.299. The number of thioether (sulfide) groups is 1. The molecule has 4 aromatic rings. The molecular weight excluding hydrogens is 497 g/mol. The summed E-state index contributed by atoms with van der Waals surface area (Å²) in [6.45, 7) is 5.41. The highest BCUT2D eigenvalue weighted by Gasteiger charge is 2.60. The number of pyridine rings is 1. The van der Waals surface area contributed by atoms with Crippen LogP contribution in [0.1, 0.15) is 24.1 Å². The third-order valence-electron chi connectivity index (χ3n) is 7.51. The molecule has 2 aromatic heterocycles. The van der Waals surface area contributed by atoms with E-state index in [4.69, 9.17) is 23.2 Å². The Kier molecular flexibility index (Phi) is 6.04. The standard InChI is InChI=1S/C27H27Cl2N5S/c1-17-7-9-20-21(5-3-6-24(20)30-17)25-31-32-26(33(25)2)35-12-4-11-34-15-19-14-27(19,16-34)18-8-10-22(28)23(29)13-18/h3,5-10,13,19H,4,11-12,14-16H2,1-2H3/t19-,27?/m0/s1. The number of likely N-dealkylation sites (tertiary alicyclic amines) is 1. The van der Waals surface area contributed by atoms with E-state index in [2.05, 4.69) is 48.9 Å². The Balaban J connectivity index is 1.07. The fourth-order valence-corrected chi connectivity index (χ4v) is 6.72. The zero-order valence-corrected chi connectivity index (χ0v) is 22.2. The zero-order chi connectivity index (χ0) is 24.2. The van der Waals surface area contributed by atoms with Gasteiger partial charge in [-0.15, -0.1) is 10.2 Å². The molecule has 180 valence electrons. The van der Waals surface area contributed by atoms with Gasteiger partial charge in [0.15, 0.2) is 11.0 Å². The van der Waals surface area contributed by atoms with Crippen LogP contribution in [-0.4, -0.2) is 50.0 Å². The summed E-state index contributed by atoms with van der Waals surface area (Å²) in [6, 6.07) is 16.5. The second-order valence-electron chi connectivity index (χ2n) is 9.81. The number of benzene rings is 2. The van der Waals surface area contributed by atoms with E-state index >= 15 is 0 Å². The molecule has 0 spiro atoms. The SMILES string of the molecule is Cc1ccc2c(-c3nnc(SCCCN4C[C@@H]5CC5(c5ccc(Cl)c(Cl)c5)C4)n3C)cccc2n1. The van der Waals surface area contributed by atoms with Crippen LogP contribution in [0.15, 0.2) is 53.7 Å². The molecule has 0 radical (unpaired) electrons. The number of aromatic nitrogens is 4. The minimum atomic E-state index is 0.283. The Labute approximate surface area is 219 Å². The fourth-order valence-electron chi connectivity index (χ4n) is 5.59. The summed E-state index contributed by atoms with van der Waals surface area (Å²) in [5.41, 5.74) is 4.70. The van der Waals surface area contributed by atoms with E-state index in [0.29, 0.717) is 10.0 Å². The van der Waals surface area contributed by atoms with Crippen LogP contribution in [0.3, 0.4) is 0 Å². The average Bonchev–Trinajstić information content (AvgIpc) is 3.22. The van der Waals surface area contributed by atoms with E-state index in [1.807, 2.05) is 38.2 Å². The van der Waals surface area contributed by atoms with Crippen LogP contribution in [0.5, 0.6) is 0 Å². The number of piperidine rings is 1. The van der Waals surface area contributed by atoms with E-state index in [1.165, 1.54) is 18.5 Å². The van der Waals surface area contributed by atoms with Crippen LogP contribution in [0.25, 0.3) is 22.3 Å². The van der Waals surface area contributed by atoms with Crippen LogP contribution in [-0.2, 0) is 12.5 Å². The molecule has 2 fully saturated rings. The molecule has 5 nitrogen and oxygen atoms in total. The van der Waals surface area contributed by atoms with Gasteiger partial charge in [0.25, 0.3) is 0 Å². The molecule has 8 heteroatoms. The maximum atomic E-state index is 6.29. The molecule has 2 atom stereocenters. The van der Waals surface area contributed by atoms with E-state index in [1.54, 1.807) is 11.8 Å². The molecule has 6 rings (SSSR count). The van der Waals surface area contributed by atoms with Crippen LogP contribution < -0.4 is 0 Å². The van der Waals surface area contributed by atoms with Crippen LogP contribution >= 0.6 is 35.0 Å². The van der Waals surface area contributed by atoms with E-state index < -0.39 is 0 Å². The molecule has 2 aromatic carbocycles. The van der Waals surface area contributed by atoms with Crippen LogP contribution in [0, 0.1) is 12.8 Å². The molecule has 1 unspecified atom stereocenters. The highest BCUT2D eigenvalue weighted by atomic mass is 35.5. The number of aryl methyl sites for hydroxylation is 1. The highest BCUT2D eigenvalue weighted by Crippen LogP contribution is 2.59. The predicted molar refractivity (Wildman–Crippen MR) is 145 cm³/mol. The molecule has 35 heavy (non-hydrogen) atoms. The van der Waals surface area contributed by atoms with Gasteiger partial charge in [0.1, 0.15) is 0 Å². The predicted octanol–water partition coefficient (Wildman–Crippen LogP) is 6.40. The summed E-state index contributed by atoms with van der Waals surface area (Å²) < 4.78 is 2.10. The van der Waals surface area contributed by atoms with Gasteiger partial charge >= 0.3 is 0 Å². The molecular formula is C27H27Cl2N5S. The third-order valence-corrected chi connectivity index (χ3v) is 9.35. The van der Waals surface area contributed by atoms with Gasteiger partial charge in [-0.25, -0.2) is 0 Å². The van der Waals surface area contributed by atoms with Gasteiger partial charge in [0, 0.05) is 47.9 Å². The highest BCUT2D eigenvalue weighted by molar-refractivity contribution is 7.99. The lowest BCUT2D eigenvalue weighted by Crippen LogP contribution is -2.27. The largest absolute Gasteiger partial charge is 0.305 e. The molecule has 1 aliphatic carbocycles. The summed E-state index contributed by atoms with van der Waals surface area (Å²) in [6.07, 6.45) is 2.38. The molecule has 1 saturated carbocycles. The lowest BCUT2D eigenvalue weighted by atomic mass is 9.95. The lowest BCUT2D eigenvalue weighted by Gasteiger charge is -2.21. The van der Waals surface area contributed by atoms with Crippen molar-refractivity contribution in [3.63, 3.8) is 0 Å². The monoisotopic (exact) mass is 523 g/mol. The van der Waals surface area contributed by atoms with Gasteiger partial charge in [-0.2, -0.15) is 0 Å². The van der Waals surface area contributed by atoms with Crippen molar-refractivity contribution in [2.24, 2.45) is 13.0 Å². The number of nitrogens with zero attached hydrogens (tertiary/aromatic N) is 5. The van der Waals surface area contributed by atoms with Gasteiger partial charge in [-0.3, -0.25) is 4.98 Å². The molecule has 3 heterocycles. The first kappa shape index (κ1) is 23.3. The van der Waals surface area contributed by atoms with Crippen molar-refractivity contribution in [1.29, 1.82) is 0 Å². The van der Waals surface area contributed by atoms with Crippen molar-refractivity contribution in [1.82, 2.24) is 24.6 Å². The molecule has 2 aliphatic rings. The minimum absolute atomic E-state index is 0.283. The number of hydrogen-bond donors (Lipinski definition) is 0. The smallest absolute Gasteiger partial charge is 0.191 e. The minimum Gasteiger partial charge on any atom is -0.305 e. The first-order valence-corrected chi connectivity index (χ1v) is 13.8. The normalized spacial score (nSPS) is 21.5. The first-order valence-electron chi connectivity index (χ1n) is 12.0. The van der Waals surface area contributed by atoms with Crippen molar-refractivity contribution in [2.45, 2.75) is 30.3 Å². The summed E-state index contributed by atoms with van der Waals surface area (Å²) in [4.78, 5) is 7.26.